The molecule has 2 rings (SSSR count). The standard InChI is InChI=1S/C12H21N3O/c1-12(6-4-5-7-12)11(13)10-9(16-3)8-14-15(10)2/h8,11H,4-7,13H2,1-3H3. The van der Waals surface area contributed by atoms with Crippen LogP contribution in [0.1, 0.15) is 44.3 Å². The quantitative estimate of drug-likeness (QED) is 0.852. The highest BCUT2D eigenvalue weighted by Crippen LogP contribution is 2.47. The predicted molar refractivity (Wildman–Crippen MR) is 63.3 cm³/mol. The number of methoxy groups -OCH3 is 1. The van der Waals surface area contributed by atoms with E-state index in [1.54, 1.807) is 13.3 Å². The van der Waals surface area contributed by atoms with Gasteiger partial charge in [-0.25, -0.2) is 0 Å². The molecule has 4 nitrogen and oxygen atoms in total. The minimum absolute atomic E-state index is 0.0115. The Morgan fingerprint density at radius 3 is 2.69 bits per heavy atom. The lowest BCUT2D eigenvalue weighted by molar-refractivity contribution is 0.250. The summed E-state index contributed by atoms with van der Waals surface area (Å²) in [5, 5.41) is 4.22. The number of nitrogens with two attached hydrogens (primary N) is 1. The maximum atomic E-state index is 6.42. The van der Waals surface area contributed by atoms with Gasteiger partial charge in [0, 0.05) is 7.05 Å². The van der Waals surface area contributed by atoms with Crippen LogP contribution in [0.15, 0.2) is 6.20 Å². The zero-order valence-electron chi connectivity index (χ0n) is 10.4. The number of aromatic nitrogens is 2. The molecule has 1 aromatic heterocycles. The van der Waals surface area contributed by atoms with Gasteiger partial charge in [0.25, 0.3) is 0 Å². The van der Waals surface area contributed by atoms with Gasteiger partial charge in [0.15, 0.2) is 5.75 Å². The van der Waals surface area contributed by atoms with Crippen LogP contribution in [0.5, 0.6) is 5.75 Å². The van der Waals surface area contributed by atoms with Gasteiger partial charge in [0.2, 0.25) is 0 Å². The van der Waals surface area contributed by atoms with Crippen LogP contribution in [0.25, 0.3) is 0 Å². The van der Waals surface area contributed by atoms with Crippen LogP contribution in [-0.4, -0.2) is 16.9 Å². The van der Waals surface area contributed by atoms with Crippen LogP contribution in [-0.2, 0) is 7.05 Å². The normalized spacial score (nSPS) is 21.0. The summed E-state index contributed by atoms with van der Waals surface area (Å²) >= 11 is 0. The highest BCUT2D eigenvalue weighted by Gasteiger charge is 2.38. The molecule has 0 radical (unpaired) electrons. The number of nitrogens with zero attached hydrogens (tertiary/aromatic N) is 2. The number of hydrogen-bond donors (Lipinski definition) is 1. The molecule has 0 saturated heterocycles. The van der Waals surface area contributed by atoms with Gasteiger partial charge in [0.1, 0.15) is 0 Å². The fraction of sp³-hybridized carbons (Fsp3) is 0.750. The molecule has 1 aliphatic rings. The Morgan fingerprint density at radius 1 is 1.50 bits per heavy atom. The molecule has 1 aromatic rings. The summed E-state index contributed by atoms with van der Waals surface area (Å²) in [5.41, 5.74) is 7.63. The van der Waals surface area contributed by atoms with Crippen molar-refractivity contribution in [3.8, 4) is 5.75 Å². The highest BCUT2D eigenvalue weighted by molar-refractivity contribution is 5.29. The summed E-state index contributed by atoms with van der Waals surface area (Å²) < 4.78 is 7.17. The molecule has 90 valence electrons. The summed E-state index contributed by atoms with van der Waals surface area (Å²) in [5.74, 6) is 0.808. The fourth-order valence-electron chi connectivity index (χ4n) is 2.76. The van der Waals surface area contributed by atoms with Crippen LogP contribution >= 0.6 is 0 Å². The molecule has 0 aliphatic heterocycles. The third-order valence-corrected chi connectivity index (χ3v) is 3.96. The van der Waals surface area contributed by atoms with E-state index in [0.717, 1.165) is 11.4 Å². The Bertz CT molecular complexity index is 366. The topological polar surface area (TPSA) is 53.1 Å². The Balaban J connectivity index is 2.32. The molecule has 16 heavy (non-hydrogen) atoms. The third-order valence-electron chi connectivity index (χ3n) is 3.96. The second-order valence-electron chi connectivity index (χ2n) is 5.06. The number of aryl methyl sites for hydroxylation is 1. The molecular formula is C12H21N3O. The molecular weight excluding hydrogens is 202 g/mol. The average Bonchev–Trinajstić information content (AvgIpc) is 2.85. The minimum Gasteiger partial charge on any atom is -0.493 e. The molecule has 1 unspecified atom stereocenters. The molecule has 4 heteroatoms. The molecule has 0 amide bonds. The first kappa shape index (κ1) is 11.5. The number of rotatable bonds is 3. The van der Waals surface area contributed by atoms with Crippen LogP contribution in [0.3, 0.4) is 0 Å². The van der Waals surface area contributed by atoms with E-state index in [2.05, 4.69) is 12.0 Å². The van der Waals surface area contributed by atoms with Crippen LogP contribution in [0.2, 0.25) is 0 Å². The van der Waals surface area contributed by atoms with Crippen LogP contribution in [0.4, 0.5) is 0 Å². The second kappa shape index (κ2) is 4.09. The van der Waals surface area contributed by atoms with Crippen molar-refractivity contribution in [2.24, 2.45) is 18.2 Å². The Morgan fingerprint density at radius 2 is 2.12 bits per heavy atom. The van der Waals surface area contributed by atoms with E-state index in [1.165, 1.54) is 25.7 Å². The van der Waals surface area contributed by atoms with E-state index < -0.39 is 0 Å². The van der Waals surface area contributed by atoms with Gasteiger partial charge in [-0.15, -0.1) is 0 Å². The molecule has 0 bridgehead atoms. The van der Waals surface area contributed by atoms with E-state index in [9.17, 15) is 0 Å². The van der Waals surface area contributed by atoms with Crippen molar-refractivity contribution < 1.29 is 4.74 Å². The summed E-state index contributed by atoms with van der Waals surface area (Å²) in [6.45, 7) is 2.27. The molecule has 1 aliphatic carbocycles. The third kappa shape index (κ3) is 1.71. The molecule has 1 saturated carbocycles. The first-order valence-corrected chi connectivity index (χ1v) is 5.90. The van der Waals surface area contributed by atoms with Gasteiger partial charge in [0.05, 0.1) is 25.0 Å². The molecule has 0 spiro atoms. The first-order valence-electron chi connectivity index (χ1n) is 5.90. The largest absolute Gasteiger partial charge is 0.493 e. The van der Waals surface area contributed by atoms with Gasteiger partial charge in [-0.1, -0.05) is 19.8 Å². The summed E-state index contributed by atoms with van der Waals surface area (Å²) in [7, 11) is 3.60. The maximum Gasteiger partial charge on any atom is 0.161 e. The lowest BCUT2D eigenvalue weighted by Crippen LogP contribution is -2.31. The van der Waals surface area contributed by atoms with Crippen LogP contribution in [0, 0.1) is 5.41 Å². The summed E-state index contributed by atoms with van der Waals surface area (Å²) in [6.07, 6.45) is 6.70. The SMILES string of the molecule is COc1cnn(C)c1C(N)C1(C)CCCC1. The smallest absolute Gasteiger partial charge is 0.161 e. The van der Waals surface area contributed by atoms with Crippen molar-refractivity contribution in [2.75, 3.05) is 7.11 Å². The van der Waals surface area contributed by atoms with Gasteiger partial charge in [-0.2, -0.15) is 5.10 Å². The Kier molecular flexibility index (Phi) is 2.93. The molecule has 1 heterocycles. The van der Waals surface area contributed by atoms with E-state index in [0.29, 0.717) is 0 Å². The van der Waals surface area contributed by atoms with Crippen molar-refractivity contribution in [3.05, 3.63) is 11.9 Å². The highest BCUT2D eigenvalue weighted by atomic mass is 16.5. The van der Waals surface area contributed by atoms with Crippen molar-refractivity contribution in [2.45, 2.75) is 38.6 Å². The summed E-state index contributed by atoms with van der Waals surface area (Å²) in [4.78, 5) is 0. The second-order valence-corrected chi connectivity index (χ2v) is 5.06. The molecule has 1 atom stereocenters. The van der Waals surface area contributed by atoms with Gasteiger partial charge in [-0.3, -0.25) is 4.68 Å². The lowest BCUT2D eigenvalue weighted by atomic mass is 9.79. The number of hydrogen-bond acceptors (Lipinski definition) is 3. The van der Waals surface area contributed by atoms with E-state index in [4.69, 9.17) is 10.5 Å². The van der Waals surface area contributed by atoms with E-state index in [1.807, 2.05) is 11.7 Å². The lowest BCUT2D eigenvalue weighted by Gasteiger charge is -2.31. The summed E-state index contributed by atoms with van der Waals surface area (Å²) in [6, 6.07) is 0.0115. The average molecular weight is 223 g/mol. The minimum atomic E-state index is 0.0115. The van der Waals surface area contributed by atoms with Crippen molar-refractivity contribution >= 4 is 0 Å². The monoisotopic (exact) mass is 223 g/mol. The van der Waals surface area contributed by atoms with Crippen molar-refractivity contribution in [1.82, 2.24) is 9.78 Å². The van der Waals surface area contributed by atoms with Crippen molar-refractivity contribution in [3.63, 3.8) is 0 Å². The molecule has 1 fully saturated rings. The predicted octanol–water partition coefficient (Wildman–Crippen LogP) is 2.01. The Hall–Kier alpha value is -1.03. The van der Waals surface area contributed by atoms with Gasteiger partial charge in [-0.05, 0) is 18.3 Å². The Labute approximate surface area is 96.8 Å². The fourth-order valence-corrected chi connectivity index (χ4v) is 2.76. The molecule has 0 aromatic carbocycles. The van der Waals surface area contributed by atoms with Crippen molar-refractivity contribution in [1.29, 1.82) is 0 Å². The zero-order valence-corrected chi connectivity index (χ0v) is 10.4. The number of ether oxygens (including phenoxy) is 1. The maximum absolute atomic E-state index is 6.42. The van der Waals surface area contributed by atoms with Gasteiger partial charge < -0.3 is 10.5 Å². The van der Waals surface area contributed by atoms with Gasteiger partial charge >= 0.3 is 0 Å². The van der Waals surface area contributed by atoms with Crippen LogP contribution < -0.4 is 10.5 Å². The molecule has 2 N–H and O–H groups in total. The van der Waals surface area contributed by atoms with E-state index in [-0.39, 0.29) is 11.5 Å². The first-order chi connectivity index (χ1) is 7.58. The van der Waals surface area contributed by atoms with E-state index >= 15 is 0 Å². The zero-order chi connectivity index (χ0) is 11.8.